The van der Waals surface area contributed by atoms with Gasteiger partial charge in [0.15, 0.2) is 0 Å². The van der Waals surface area contributed by atoms with Gasteiger partial charge in [-0.1, -0.05) is 11.6 Å². The average Bonchev–Trinajstić information content (AvgIpc) is 2.61. The number of hydrogen-bond donors (Lipinski definition) is 0. The second-order valence-electron chi connectivity index (χ2n) is 7.10. The topological polar surface area (TPSA) is 67.8 Å². The monoisotopic (exact) mass is 382 g/mol. The number of ether oxygens (including phenoxy) is 2. The molecule has 144 valence electrons. The molecule has 26 heavy (non-hydrogen) atoms. The van der Waals surface area contributed by atoms with Gasteiger partial charge in [0.05, 0.1) is 29.9 Å². The molecule has 2 unspecified atom stereocenters. The molecule has 0 spiro atoms. The van der Waals surface area contributed by atoms with Gasteiger partial charge >= 0.3 is 0 Å². The van der Waals surface area contributed by atoms with Gasteiger partial charge in [-0.2, -0.15) is 0 Å². The summed E-state index contributed by atoms with van der Waals surface area (Å²) in [6.45, 7) is 9.11. The third-order valence-corrected chi connectivity index (χ3v) is 5.13. The molecule has 2 atom stereocenters. The standard InChI is InChI=1S/C18H27ClN4O3/c1-13-10-22(11-14(2)26-13)7-8-25-15-3-5-23(6-4-15)18(24)17-16(19)9-20-12-21-17/h9,12-15H,3-8,10-11H2,1-2H3. The highest BCUT2D eigenvalue weighted by Gasteiger charge is 2.27. The predicted molar refractivity (Wildman–Crippen MR) is 98.4 cm³/mol. The molecule has 2 fully saturated rings. The minimum absolute atomic E-state index is 0.132. The lowest BCUT2D eigenvalue weighted by atomic mass is 10.1. The number of carbonyl (C=O) groups is 1. The molecule has 0 bridgehead atoms. The van der Waals surface area contributed by atoms with E-state index >= 15 is 0 Å². The molecule has 1 aromatic heterocycles. The fourth-order valence-electron chi connectivity index (χ4n) is 3.66. The van der Waals surface area contributed by atoms with Crippen molar-refractivity contribution in [2.24, 2.45) is 0 Å². The Morgan fingerprint density at radius 2 is 2.00 bits per heavy atom. The van der Waals surface area contributed by atoms with E-state index < -0.39 is 0 Å². The summed E-state index contributed by atoms with van der Waals surface area (Å²) >= 11 is 6.02. The average molecular weight is 383 g/mol. The number of rotatable bonds is 5. The quantitative estimate of drug-likeness (QED) is 0.774. The van der Waals surface area contributed by atoms with Gasteiger partial charge in [0, 0.05) is 38.9 Å². The molecule has 8 heteroatoms. The van der Waals surface area contributed by atoms with E-state index in [1.165, 1.54) is 12.5 Å². The summed E-state index contributed by atoms with van der Waals surface area (Å²) in [6, 6.07) is 0. The van der Waals surface area contributed by atoms with Crippen molar-refractivity contribution in [3.63, 3.8) is 0 Å². The highest BCUT2D eigenvalue weighted by Crippen LogP contribution is 2.19. The minimum Gasteiger partial charge on any atom is -0.377 e. The number of morpholine rings is 1. The van der Waals surface area contributed by atoms with Crippen LogP contribution in [0.25, 0.3) is 0 Å². The maximum atomic E-state index is 12.5. The molecule has 2 saturated heterocycles. The maximum absolute atomic E-state index is 12.5. The highest BCUT2D eigenvalue weighted by molar-refractivity contribution is 6.33. The molecule has 0 radical (unpaired) electrons. The van der Waals surface area contributed by atoms with Crippen LogP contribution in [0.1, 0.15) is 37.2 Å². The van der Waals surface area contributed by atoms with E-state index in [-0.39, 0.29) is 29.9 Å². The zero-order valence-corrected chi connectivity index (χ0v) is 16.2. The molecular formula is C18H27ClN4O3. The van der Waals surface area contributed by atoms with Crippen LogP contribution in [0.3, 0.4) is 0 Å². The summed E-state index contributed by atoms with van der Waals surface area (Å²) in [4.78, 5) is 24.5. The van der Waals surface area contributed by atoms with Crippen LogP contribution in [-0.4, -0.2) is 83.3 Å². The molecule has 0 aliphatic carbocycles. The van der Waals surface area contributed by atoms with Gasteiger partial charge in [-0.25, -0.2) is 9.97 Å². The van der Waals surface area contributed by atoms with Crippen LogP contribution in [0.2, 0.25) is 5.02 Å². The van der Waals surface area contributed by atoms with Crippen molar-refractivity contribution in [3.8, 4) is 0 Å². The minimum atomic E-state index is -0.132. The number of amides is 1. The van der Waals surface area contributed by atoms with Crippen LogP contribution in [0.15, 0.2) is 12.5 Å². The molecule has 2 aliphatic rings. The van der Waals surface area contributed by atoms with E-state index in [9.17, 15) is 4.79 Å². The normalized spacial score (nSPS) is 25.4. The van der Waals surface area contributed by atoms with E-state index in [4.69, 9.17) is 21.1 Å². The third-order valence-electron chi connectivity index (χ3n) is 4.86. The Bertz CT molecular complexity index is 600. The first-order valence-corrected chi connectivity index (χ1v) is 9.65. The number of piperidine rings is 1. The fraction of sp³-hybridized carbons (Fsp3) is 0.722. The molecule has 3 rings (SSSR count). The summed E-state index contributed by atoms with van der Waals surface area (Å²) in [5, 5.41) is 0.296. The molecule has 0 aromatic carbocycles. The number of carbonyl (C=O) groups excluding carboxylic acids is 1. The number of likely N-dealkylation sites (tertiary alicyclic amines) is 1. The van der Waals surface area contributed by atoms with E-state index in [2.05, 4.69) is 28.7 Å². The second-order valence-corrected chi connectivity index (χ2v) is 7.51. The maximum Gasteiger partial charge on any atom is 0.274 e. The van der Waals surface area contributed by atoms with Crippen molar-refractivity contribution in [3.05, 3.63) is 23.2 Å². The van der Waals surface area contributed by atoms with Crippen molar-refractivity contribution in [1.82, 2.24) is 19.8 Å². The van der Waals surface area contributed by atoms with Gasteiger partial charge in [-0.05, 0) is 26.7 Å². The van der Waals surface area contributed by atoms with Crippen molar-refractivity contribution in [2.75, 3.05) is 39.3 Å². The Kier molecular flexibility index (Phi) is 6.80. The molecule has 2 aliphatic heterocycles. The molecule has 0 saturated carbocycles. The predicted octanol–water partition coefficient (Wildman–Crippen LogP) is 1.86. The van der Waals surface area contributed by atoms with Crippen LogP contribution < -0.4 is 0 Å². The van der Waals surface area contributed by atoms with Crippen molar-refractivity contribution in [1.29, 1.82) is 0 Å². The van der Waals surface area contributed by atoms with Crippen LogP contribution in [0.5, 0.6) is 0 Å². The largest absolute Gasteiger partial charge is 0.377 e. The van der Waals surface area contributed by atoms with Crippen LogP contribution in [-0.2, 0) is 9.47 Å². The SMILES string of the molecule is CC1CN(CCOC2CCN(C(=O)c3ncncc3Cl)CC2)CC(C)O1. The lowest BCUT2D eigenvalue weighted by Gasteiger charge is -2.36. The van der Waals surface area contributed by atoms with Gasteiger partial charge < -0.3 is 14.4 Å². The van der Waals surface area contributed by atoms with Gasteiger partial charge in [-0.15, -0.1) is 0 Å². The summed E-state index contributed by atoms with van der Waals surface area (Å²) in [5.41, 5.74) is 0.275. The molecule has 3 heterocycles. The van der Waals surface area contributed by atoms with Crippen molar-refractivity contribution in [2.45, 2.75) is 45.0 Å². The lowest BCUT2D eigenvalue weighted by Crippen LogP contribution is -2.47. The zero-order valence-electron chi connectivity index (χ0n) is 15.4. The summed E-state index contributed by atoms with van der Waals surface area (Å²) < 4.78 is 11.8. The molecular weight excluding hydrogens is 356 g/mol. The van der Waals surface area contributed by atoms with Crippen LogP contribution in [0.4, 0.5) is 0 Å². The van der Waals surface area contributed by atoms with E-state index in [1.54, 1.807) is 4.90 Å². The van der Waals surface area contributed by atoms with Gasteiger partial charge in [0.1, 0.15) is 12.0 Å². The second kappa shape index (κ2) is 9.08. The Labute approximate surface area is 159 Å². The van der Waals surface area contributed by atoms with Crippen molar-refractivity contribution >= 4 is 17.5 Å². The summed E-state index contributed by atoms with van der Waals surface area (Å²) in [7, 11) is 0. The first kappa shape index (κ1) is 19.5. The Balaban J connectivity index is 1.39. The summed E-state index contributed by atoms with van der Waals surface area (Å²) in [5.74, 6) is -0.132. The molecule has 1 aromatic rings. The Morgan fingerprint density at radius 1 is 1.31 bits per heavy atom. The fourth-order valence-corrected chi connectivity index (χ4v) is 3.85. The Hall–Kier alpha value is -1.28. The van der Waals surface area contributed by atoms with Crippen LogP contribution >= 0.6 is 11.6 Å². The van der Waals surface area contributed by atoms with E-state index in [0.29, 0.717) is 18.1 Å². The summed E-state index contributed by atoms with van der Waals surface area (Å²) in [6.07, 6.45) is 5.24. The zero-order chi connectivity index (χ0) is 18.5. The third kappa shape index (κ3) is 5.13. The molecule has 0 N–H and O–H groups in total. The van der Waals surface area contributed by atoms with Gasteiger partial charge in [-0.3, -0.25) is 9.69 Å². The number of halogens is 1. The number of nitrogens with zero attached hydrogens (tertiary/aromatic N) is 4. The lowest BCUT2D eigenvalue weighted by molar-refractivity contribution is -0.0780. The van der Waals surface area contributed by atoms with E-state index in [1.807, 2.05) is 0 Å². The number of aromatic nitrogens is 2. The van der Waals surface area contributed by atoms with Gasteiger partial charge in [0.2, 0.25) is 0 Å². The van der Waals surface area contributed by atoms with Crippen molar-refractivity contribution < 1.29 is 14.3 Å². The smallest absolute Gasteiger partial charge is 0.274 e. The first-order chi connectivity index (χ1) is 12.5. The Morgan fingerprint density at radius 3 is 2.65 bits per heavy atom. The molecule has 1 amide bonds. The van der Waals surface area contributed by atoms with E-state index in [0.717, 1.165) is 39.1 Å². The highest BCUT2D eigenvalue weighted by atomic mass is 35.5. The van der Waals surface area contributed by atoms with Crippen LogP contribution in [0, 0.1) is 0 Å². The number of hydrogen-bond acceptors (Lipinski definition) is 6. The first-order valence-electron chi connectivity index (χ1n) is 9.27. The van der Waals surface area contributed by atoms with Gasteiger partial charge in [0.25, 0.3) is 5.91 Å². The molecule has 7 nitrogen and oxygen atoms in total.